The molecule has 0 aliphatic carbocycles. The van der Waals surface area contributed by atoms with Crippen molar-refractivity contribution < 1.29 is 19.1 Å². The van der Waals surface area contributed by atoms with E-state index in [-0.39, 0.29) is 18.0 Å². The number of hydrogen-bond acceptors (Lipinski definition) is 5. The fourth-order valence-electron chi connectivity index (χ4n) is 2.70. The first-order chi connectivity index (χ1) is 11.2. The quantitative estimate of drug-likeness (QED) is 0.721. The van der Waals surface area contributed by atoms with Crippen molar-refractivity contribution >= 4 is 35.0 Å². The van der Waals surface area contributed by atoms with Gasteiger partial charge >= 0.3 is 12.1 Å². The number of rotatable bonds is 3. The van der Waals surface area contributed by atoms with Crippen LogP contribution in [-0.4, -0.2) is 42.3 Å². The van der Waals surface area contributed by atoms with E-state index in [1.807, 2.05) is 20.8 Å². The first kappa shape index (κ1) is 19.1. The molecule has 134 valence electrons. The van der Waals surface area contributed by atoms with Gasteiger partial charge in [0.15, 0.2) is 0 Å². The van der Waals surface area contributed by atoms with Gasteiger partial charge in [-0.05, 0) is 52.5 Å². The molecule has 1 aliphatic rings. The Labute approximate surface area is 151 Å². The second-order valence-corrected chi connectivity index (χ2v) is 8.51. The molecule has 1 fully saturated rings. The summed E-state index contributed by atoms with van der Waals surface area (Å²) in [5.74, 6) is -0.120. The normalized spacial score (nSPS) is 16.1. The van der Waals surface area contributed by atoms with Crippen LogP contribution in [-0.2, 0) is 9.47 Å². The summed E-state index contributed by atoms with van der Waals surface area (Å²) in [4.78, 5) is 26.9. The van der Waals surface area contributed by atoms with Gasteiger partial charge in [0.1, 0.15) is 5.60 Å². The molecular weight excluding hydrogens is 350 g/mol. The summed E-state index contributed by atoms with van der Waals surface area (Å²) in [6.07, 6.45) is 1.28. The summed E-state index contributed by atoms with van der Waals surface area (Å²) in [5, 5.41) is 0. The monoisotopic (exact) mass is 373 g/mol. The summed E-state index contributed by atoms with van der Waals surface area (Å²) in [6.45, 7) is 8.91. The van der Waals surface area contributed by atoms with Crippen molar-refractivity contribution in [2.45, 2.75) is 52.1 Å². The zero-order valence-electron chi connectivity index (χ0n) is 14.6. The molecule has 1 aromatic heterocycles. The van der Waals surface area contributed by atoms with Gasteiger partial charge in [0.05, 0.1) is 16.5 Å². The molecule has 0 atom stereocenters. The highest BCUT2D eigenvalue weighted by atomic mass is 35.5. The highest BCUT2D eigenvalue weighted by Crippen LogP contribution is 2.38. The Balaban J connectivity index is 2.02. The first-order valence-electron chi connectivity index (χ1n) is 8.15. The maximum atomic E-state index is 12.1. The molecule has 1 aromatic rings. The molecule has 0 N–H and O–H groups in total. The van der Waals surface area contributed by atoms with Crippen LogP contribution in [0.4, 0.5) is 4.79 Å². The predicted octanol–water partition coefficient (Wildman–Crippen LogP) is 4.69. The van der Waals surface area contributed by atoms with Crippen molar-refractivity contribution in [2.75, 3.05) is 19.7 Å². The van der Waals surface area contributed by atoms with E-state index in [4.69, 9.17) is 21.1 Å². The zero-order chi connectivity index (χ0) is 17.9. The second-order valence-electron chi connectivity index (χ2n) is 6.79. The van der Waals surface area contributed by atoms with Crippen LogP contribution < -0.4 is 0 Å². The molecule has 0 saturated carbocycles. The smallest absolute Gasteiger partial charge is 0.410 e. The Morgan fingerprint density at radius 2 is 1.96 bits per heavy atom. The molecular formula is C17H24ClNO4S. The van der Waals surface area contributed by atoms with Crippen LogP contribution >= 0.6 is 22.9 Å². The van der Waals surface area contributed by atoms with Crippen LogP contribution in [0.5, 0.6) is 0 Å². The fourth-order valence-corrected chi connectivity index (χ4v) is 4.10. The number of hydrogen-bond donors (Lipinski definition) is 0. The predicted molar refractivity (Wildman–Crippen MR) is 95.1 cm³/mol. The van der Waals surface area contributed by atoms with Gasteiger partial charge in [0, 0.05) is 18.0 Å². The van der Waals surface area contributed by atoms with E-state index in [9.17, 15) is 9.59 Å². The molecule has 24 heavy (non-hydrogen) atoms. The average molecular weight is 374 g/mol. The van der Waals surface area contributed by atoms with Crippen LogP contribution in [0.25, 0.3) is 0 Å². The summed E-state index contributed by atoms with van der Waals surface area (Å²) < 4.78 is 11.1. The molecule has 0 radical (unpaired) electrons. The molecule has 7 heteroatoms. The van der Waals surface area contributed by atoms with Crippen LogP contribution in [0, 0.1) is 0 Å². The number of halogens is 1. The number of amides is 1. The number of carbonyl (C=O) groups excluding carboxylic acids is 2. The van der Waals surface area contributed by atoms with Gasteiger partial charge in [-0.2, -0.15) is 0 Å². The maximum Gasteiger partial charge on any atom is 0.410 e. The molecule has 0 spiro atoms. The Bertz CT molecular complexity index is 600. The number of ether oxygens (including phenoxy) is 2. The molecule has 1 aliphatic heterocycles. The maximum absolute atomic E-state index is 12.1. The summed E-state index contributed by atoms with van der Waals surface area (Å²) >= 11 is 7.53. The Hall–Kier alpha value is -1.27. The van der Waals surface area contributed by atoms with Gasteiger partial charge in [0.25, 0.3) is 0 Å². The number of nitrogens with zero attached hydrogens (tertiary/aromatic N) is 1. The zero-order valence-corrected chi connectivity index (χ0v) is 16.1. The lowest BCUT2D eigenvalue weighted by atomic mass is 9.93. The number of likely N-dealkylation sites (tertiary alicyclic amines) is 1. The van der Waals surface area contributed by atoms with Crippen molar-refractivity contribution in [1.82, 2.24) is 4.90 Å². The van der Waals surface area contributed by atoms with Crippen molar-refractivity contribution in [3.05, 3.63) is 20.8 Å². The fraction of sp³-hybridized carbons (Fsp3) is 0.647. The van der Waals surface area contributed by atoms with Crippen molar-refractivity contribution in [1.29, 1.82) is 0 Å². The van der Waals surface area contributed by atoms with Gasteiger partial charge < -0.3 is 14.4 Å². The molecule has 1 amide bonds. The minimum absolute atomic E-state index is 0.209. The average Bonchev–Trinajstić information content (AvgIpc) is 2.88. The molecule has 0 bridgehead atoms. The first-order valence-corrected chi connectivity index (χ1v) is 9.35. The lowest BCUT2D eigenvalue weighted by Gasteiger charge is -2.33. The largest absolute Gasteiger partial charge is 0.462 e. The van der Waals surface area contributed by atoms with Crippen LogP contribution in [0.2, 0.25) is 4.34 Å². The standard InChI is InChI=1S/C17H24ClNO4S/c1-5-22-15(20)12-10-13(18)24-14(12)11-6-8-19(9-7-11)16(21)23-17(2,3)4/h10-11H,5-9H2,1-4H3. The van der Waals surface area contributed by atoms with Gasteiger partial charge in [0.2, 0.25) is 0 Å². The summed E-state index contributed by atoms with van der Waals surface area (Å²) in [5.41, 5.74) is 0.0642. The molecule has 0 aromatic carbocycles. The van der Waals surface area contributed by atoms with Crippen LogP contribution in [0.1, 0.15) is 61.7 Å². The summed E-state index contributed by atoms with van der Waals surface area (Å²) in [7, 11) is 0. The Kier molecular flexibility index (Phi) is 6.15. The van der Waals surface area contributed by atoms with E-state index < -0.39 is 5.60 Å². The van der Waals surface area contributed by atoms with Gasteiger partial charge in [-0.1, -0.05) is 11.6 Å². The Morgan fingerprint density at radius 3 is 2.50 bits per heavy atom. The minimum Gasteiger partial charge on any atom is -0.462 e. The van der Waals surface area contributed by atoms with Crippen molar-refractivity contribution in [2.24, 2.45) is 0 Å². The third-order valence-corrected chi connectivity index (χ3v) is 5.17. The number of carbonyl (C=O) groups is 2. The van der Waals surface area contributed by atoms with Crippen LogP contribution in [0.15, 0.2) is 6.07 Å². The minimum atomic E-state index is -0.494. The van der Waals surface area contributed by atoms with E-state index in [0.29, 0.717) is 29.6 Å². The van der Waals surface area contributed by atoms with E-state index in [1.54, 1.807) is 17.9 Å². The number of thiophene rings is 1. The highest BCUT2D eigenvalue weighted by molar-refractivity contribution is 7.16. The molecule has 0 unspecified atom stereocenters. The third kappa shape index (κ3) is 4.86. The highest BCUT2D eigenvalue weighted by Gasteiger charge is 2.30. The molecule has 5 nitrogen and oxygen atoms in total. The lowest BCUT2D eigenvalue weighted by molar-refractivity contribution is 0.0204. The number of esters is 1. The van der Waals surface area contributed by atoms with E-state index in [0.717, 1.165) is 17.7 Å². The van der Waals surface area contributed by atoms with Crippen molar-refractivity contribution in [3.8, 4) is 0 Å². The van der Waals surface area contributed by atoms with E-state index >= 15 is 0 Å². The summed E-state index contributed by atoms with van der Waals surface area (Å²) in [6, 6.07) is 1.68. The van der Waals surface area contributed by atoms with E-state index in [1.165, 1.54) is 11.3 Å². The molecule has 2 heterocycles. The van der Waals surface area contributed by atoms with Gasteiger partial charge in [-0.3, -0.25) is 0 Å². The van der Waals surface area contributed by atoms with Crippen molar-refractivity contribution in [3.63, 3.8) is 0 Å². The molecule has 2 rings (SSSR count). The topological polar surface area (TPSA) is 55.8 Å². The van der Waals surface area contributed by atoms with Gasteiger partial charge in [-0.15, -0.1) is 11.3 Å². The lowest BCUT2D eigenvalue weighted by Crippen LogP contribution is -2.41. The third-order valence-electron chi connectivity index (χ3n) is 3.74. The van der Waals surface area contributed by atoms with Gasteiger partial charge in [-0.25, -0.2) is 9.59 Å². The van der Waals surface area contributed by atoms with Crippen LogP contribution in [0.3, 0.4) is 0 Å². The Morgan fingerprint density at radius 1 is 1.33 bits per heavy atom. The van der Waals surface area contributed by atoms with E-state index in [2.05, 4.69) is 0 Å². The SMILES string of the molecule is CCOC(=O)c1cc(Cl)sc1C1CCN(C(=O)OC(C)(C)C)CC1. The number of piperidine rings is 1. The molecule has 1 saturated heterocycles. The second kappa shape index (κ2) is 7.74.